The Balaban J connectivity index is 1.84. The van der Waals surface area contributed by atoms with Gasteiger partial charge in [-0.15, -0.1) is 0 Å². The van der Waals surface area contributed by atoms with E-state index in [9.17, 15) is 22.4 Å². The lowest BCUT2D eigenvalue weighted by molar-refractivity contribution is -0.119. The van der Waals surface area contributed by atoms with Crippen LogP contribution in [0.1, 0.15) is 23.2 Å². The first-order valence-electron chi connectivity index (χ1n) is 8.64. The van der Waals surface area contributed by atoms with E-state index in [1.54, 1.807) is 6.07 Å². The molecule has 3 rings (SSSR count). The SMILES string of the molecule is CS(=O)(=O)c1ccc(F)c(NC(=O)C2CCCN2C(=O)c2cc(Cl)ccc2Cl)c1. The number of nitrogens with zero attached hydrogens (tertiary/aromatic N) is 1. The number of carbonyl (C=O) groups excluding carboxylic acids is 2. The summed E-state index contributed by atoms with van der Waals surface area (Å²) >= 11 is 12.0. The average Bonchev–Trinajstić information content (AvgIpc) is 3.14. The Morgan fingerprint density at radius 3 is 2.59 bits per heavy atom. The monoisotopic (exact) mass is 458 g/mol. The zero-order chi connectivity index (χ0) is 21.3. The van der Waals surface area contributed by atoms with E-state index >= 15 is 0 Å². The van der Waals surface area contributed by atoms with Gasteiger partial charge < -0.3 is 10.2 Å². The van der Waals surface area contributed by atoms with Crippen LogP contribution in [0.15, 0.2) is 41.3 Å². The third-order valence-corrected chi connectivity index (χ3v) is 6.27. The third kappa shape index (κ3) is 4.71. The average molecular weight is 459 g/mol. The van der Waals surface area contributed by atoms with Crippen molar-refractivity contribution in [3.05, 3.63) is 57.8 Å². The van der Waals surface area contributed by atoms with Gasteiger partial charge in [-0.3, -0.25) is 9.59 Å². The van der Waals surface area contributed by atoms with Crippen molar-refractivity contribution in [2.75, 3.05) is 18.1 Å². The molecule has 1 aliphatic heterocycles. The fraction of sp³-hybridized carbons (Fsp3) is 0.263. The molecule has 2 amide bonds. The molecule has 0 radical (unpaired) electrons. The van der Waals surface area contributed by atoms with Gasteiger partial charge in [0.15, 0.2) is 9.84 Å². The van der Waals surface area contributed by atoms with Gasteiger partial charge >= 0.3 is 0 Å². The molecule has 29 heavy (non-hydrogen) atoms. The Bertz CT molecular complexity index is 1090. The minimum absolute atomic E-state index is 0.126. The molecule has 1 N–H and O–H groups in total. The molecule has 10 heteroatoms. The lowest BCUT2D eigenvalue weighted by Crippen LogP contribution is -2.43. The van der Waals surface area contributed by atoms with Crippen LogP contribution in [0, 0.1) is 5.82 Å². The summed E-state index contributed by atoms with van der Waals surface area (Å²) in [6.45, 7) is 0.325. The van der Waals surface area contributed by atoms with Gasteiger partial charge in [0, 0.05) is 17.8 Å². The second-order valence-corrected chi connectivity index (χ2v) is 9.54. The van der Waals surface area contributed by atoms with Crippen LogP contribution in [0.3, 0.4) is 0 Å². The number of amides is 2. The van der Waals surface area contributed by atoms with E-state index in [0.29, 0.717) is 24.4 Å². The Kier molecular flexibility index (Phi) is 6.16. The highest BCUT2D eigenvalue weighted by Gasteiger charge is 2.35. The molecule has 6 nitrogen and oxygen atoms in total. The van der Waals surface area contributed by atoms with Gasteiger partial charge in [-0.1, -0.05) is 23.2 Å². The number of carbonyl (C=O) groups is 2. The summed E-state index contributed by atoms with van der Waals surface area (Å²) in [5, 5.41) is 2.93. The molecule has 1 saturated heterocycles. The van der Waals surface area contributed by atoms with Gasteiger partial charge in [0.05, 0.1) is 21.2 Å². The molecule has 0 bridgehead atoms. The molecule has 1 unspecified atom stereocenters. The Hall–Kier alpha value is -2.16. The maximum Gasteiger partial charge on any atom is 0.256 e. The number of nitrogens with one attached hydrogen (secondary N) is 1. The zero-order valence-electron chi connectivity index (χ0n) is 15.3. The number of anilines is 1. The quantitative estimate of drug-likeness (QED) is 0.706. The van der Waals surface area contributed by atoms with Crippen molar-refractivity contribution in [2.45, 2.75) is 23.8 Å². The van der Waals surface area contributed by atoms with E-state index in [1.165, 1.54) is 17.0 Å². The molecule has 0 saturated carbocycles. The highest BCUT2D eigenvalue weighted by atomic mass is 35.5. The third-order valence-electron chi connectivity index (χ3n) is 4.60. The summed E-state index contributed by atoms with van der Waals surface area (Å²) in [7, 11) is -3.58. The molecule has 154 valence electrons. The molecule has 0 spiro atoms. The molecule has 2 aromatic rings. The summed E-state index contributed by atoms with van der Waals surface area (Å²) in [6, 6.07) is 6.76. The molecular weight excluding hydrogens is 442 g/mol. The van der Waals surface area contributed by atoms with Gasteiger partial charge in [0.2, 0.25) is 5.91 Å². The van der Waals surface area contributed by atoms with Crippen LogP contribution in [0.5, 0.6) is 0 Å². The predicted octanol–water partition coefficient (Wildman–Crippen LogP) is 3.78. The van der Waals surface area contributed by atoms with Gasteiger partial charge in [-0.2, -0.15) is 0 Å². The van der Waals surface area contributed by atoms with Crippen LogP contribution in [-0.2, 0) is 14.6 Å². The van der Waals surface area contributed by atoms with E-state index in [-0.39, 0.29) is 21.2 Å². The van der Waals surface area contributed by atoms with Crippen LogP contribution >= 0.6 is 23.2 Å². The van der Waals surface area contributed by atoms with E-state index in [2.05, 4.69) is 5.32 Å². The first-order chi connectivity index (χ1) is 13.6. The number of halogens is 3. The second kappa shape index (κ2) is 8.30. The maximum atomic E-state index is 14.1. The number of likely N-dealkylation sites (tertiary alicyclic amines) is 1. The fourth-order valence-electron chi connectivity index (χ4n) is 3.15. The van der Waals surface area contributed by atoms with Gasteiger partial charge in [-0.05, 0) is 49.2 Å². The second-order valence-electron chi connectivity index (χ2n) is 6.68. The standard InChI is InChI=1S/C19H17Cl2FN2O4S/c1-29(27,28)12-5-7-15(22)16(10-12)23-18(25)17-3-2-8-24(17)19(26)13-9-11(20)4-6-14(13)21/h4-7,9-10,17H,2-3,8H2,1H3,(H,23,25). The van der Waals surface area contributed by atoms with Crippen molar-refractivity contribution in [2.24, 2.45) is 0 Å². The first-order valence-corrected chi connectivity index (χ1v) is 11.3. The number of sulfone groups is 1. The van der Waals surface area contributed by atoms with E-state index < -0.39 is 33.5 Å². The highest BCUT2D eigenvalue weighted by molar-refractivity contribution is 7.90. The summed E-state index contributed by atoms with van der Waals surface area (Å²) in [5.41, 5.74) is -0.0952. The predicted molar refractivity (Wildman–Crippen MR) is 109 cm³/mol. The summed E-state index contributed by atoms with van der Waals surface area (Å²) in [5.74, 6) is -1.85. The van der Waals surface area contributed by atoms with Crippen molar-refractivity contribution >= 4 is 50.5 Å². The Morgan fingerprint density at radius 2 is 1.90 bits per heavy atom. The molecule has 0 aromatic heterocycles. The Labute approximate surface area is 177 Å². The van der Waals surface area contributed by atoms with E-state index in [0.717, 1.165) is 24.5 Å². The van der Waals surface area contributed by atoms with Crippen LogP contribution in [0.4, 0.5) is 10.1 Å². The zero-order valence-corrected chi connectivity index (χ0v) is 17.6. The number of hydrogen-bond acceptors (Lipinski definition) is 4. The van der Waals surface area contributed by atoms with Crippen molar-refractivity contribution in [3.63, 3.8) is 0 Å². The molecule has 1 aliphatic rings. The summed E-state index contributed by atoms with van der Waals surface area (Å²) in [4.78, 5) is 26.9. The lowest BCUT2D eigenvalue weighted by atomic mass is 10.1. The number of hydrogen-bond donors (Lipinski definition) is 1. The highest BCUT2D eigenvalue weighted by Crippen LogP contribution is 2.27. The van der Waals surface area contributed by atoms with Crippen molar-refractivity contribution in [3.8, 4) is 0 Å². The minimum Gasteiger partial charge on any atom is -0.327 e. The molecule has 1 atom stereocenters. The van der Waals surface area contributed by atoms with Crippen molar-refractivity contribution < 1.29 is 22.4 Å². The van der Waals surface area contributed by atoms with Crippen molar-refractivity contribution in [1.29, 1.82) is 0 Å². The van der Waals surface area contributed by atoms with Gasteiger partial charge in [-0.25, -0.2) is 12.8 Å². The first kappa shape index (κ1) is 21.5. The molecule has 0 aliphatic carbocycles. The number of rotatable bonds is 4. The molecule has 1 fully saturated rings. The summed E-state index contributed by atoms with van der Waals surface area (Å²) in [6.07, 6.45) is 1.94. The minimum atomic E-state index is -3.58. The molecule has 1 heterocycles. The normalized spacial score (nSPS) is 16.7. The fourth-order valence-corrected chi connectivity index (χ4v) is 4.16. The van der Waals surface area contributed by atoms with Crippen LogP contribution < -0.4 is 5.32 Å². The maximum absolute atomic E-state index is 14.1. The smallest absolute Gasteiger partial charge is 0.256 e. The Morgan fingerprint density at radius 1 is 1.17 bits per heavy atom. The van der Waals surface area contributed by atoms with Crippen LogP contribution in [0.2, 0.25) is 10.0 Å². The topological polar surface area (TPSA) is 83.6 Å². The molecular formula is C19H17Cl2FN2O4S. The van der Waals surface area contributed by atoms with Crippen LogP contribution in [0.25, 0.3) is 0 Å². The van der Waals surface area contributed by atoms with Gasteiger partial charge in [0.25, 0.3) is 5.91 Å². The summed E-state index contributed by atoms with van der Waals surface area (Å²) < 4.78 is 37.5. The van der Waals surface area contributed by atoms with Crippen molar-refractivity contribution in [1.82, 2.24) is 4.90 Å². The van der Waals surface area contributed by atoms with E-state index in [4.69, 9.17) is 23.2 Å². The molecule has 2 aromatic carbocycles. The van der Waals surface area contributed by atoms with Crippen LogP contribution in [-0.4, -0.2) is 44.0 Å². The lowest BCUT2D eigenvalue weighted by Gasteiger charge is -2.24. The number of benzene rings is 2. The van der Waals surface area contributed by atoms with Gasteiger partial charge in [0.1, 0.15) is 11.9 Å². The largest absolute Gasteiger partial charge is 0.327 e. The van der Waals surface area contributed by atoms with E-state index in [1.807, 2.05) is 0 Å².